The van der Waals surface area contributed by atoms with Crippen LogP contribution in [0.15, 0.2) is 12.1 Å². The van der Waals surface area contributed by atoms with E-state index < -0.39 is 33.5 Å². The minimum absolute atomic E-state index is 0.0910. The van der Waals surface area contributed by atoms with E-state index in [9.17, 15) is 22.6 Å². The van der Waals surface area contributed by atoms with Crippen molar-refractivity contribution in [2.45, 2.75) is 68.6 Å². The molecule has 6 rings (SSSR count). The zero-order valence-corrected chi connectivity index (χ0v) is 18.5. The van der Waals surface area contributed by atoms with Gasteiger partial charge < -0.3 is 13.7 Å². The summed E-state index contributed by atoms with van der Waals surface area (Å²) in [5, 5.41) is 0. The van der Waals surface area contributed by atoms with Crippen LogP contribution in [0.5, 0.6) is 11.5 Å². The van der Waals surface area contributed by atoms with Gasteiger partial charge in [0, 0.05) is 25.5 Å². The lowest BCUT2D eigenvalue weighted by atomic mass is 9.48. The van der Waals surface area contributed by atoms with Gasteiger partial charge in [0.15, 0.2) is 23.4 Å². The van der Waals surface area contributed by atoms with Crippen molar-refractivity contribution in [3.63, 3.8) is 0 Å². The fourth-order valence-electron chi connectivity index (χ4n) is 6.87. The first-order chi connectivity index (χ1) is 15.1. The molecule has 9 nitrogen and oxygen atoms in total. The normalized spacial score (nSPS) is 35.1. The van der Waals surface area contributed by atoms with E-state index in [1.54, 1.807) is 6.07 Å². The van der Waals surface area contributed by atoms with Crippen molar-refractivity contribution in [1.82, 2.24) is 4.90 Å². The molecule has 10 heteroatoms. The Kier molecular flexibility index (Phi) is 4.12. The third-order valence-electron chi connectivity index (χ3n) is 8.02. The number of rotatable bonds is 5. The van der Waals surface area contributed by atoms with E-state index in [0.717, 1.165) is 18.7 Å². The molecule has 3 aliphatic carbocycles. The second-order valence-corrected chi connectivity index (χ2v) is 10.8. The van der Waals surface area contributed by atoms with Gasteiger partial charge in [0.25, 0.3) is 0 Å². The Morgan fingerprint density at radius 2 is 2.09 bits per heavy atom. The Labute approximate surface area is 186 Å². The van der Waals surface area contributed by atoms with Crippen LogP contribution < -0.4 is 8.92 Å². The molecule has 4 atom stereocenters. The number of esters is 1. The Hall–Kier alpha value is -2.17. The van der Waals surface area contributed by atoms with Gasteiger partial charge in [-0.1, -0.05) is 6.07 Å². The maximum Gasteiger partial charge on any atom is 0.446 e. The molecular weight excluding hydrogens is 438 g/mol. The van der Waals surface area contributed by atoms with E-state index in [4.69, 9.17) is 13.7 Å². The van der Waals surface area contributed by atoms with Crippen molar-refractivity contribution in [1.29, 1.82) is 0 Å². The molecular formula is C22H25NO8S. The highest BCUT2D eigenvalue weighted by molar-refractivity contribution is 7.81. The summed E-state index contributed by atoms with van der Waals surface area (Å²) in [4.78, 5) is 27.9. The van der Waals surface area contributed by atoms with Gasteiger partial charge in [-0.05, 0) is 56.2 Å². The van der Waals surface area contributed by atoms with Gasteiger partial charge in [-0.2, -0.15) is 8.42 Å². The highest BCUT2D eigenvalue weighted by Gasteiger charge is 2.75. The van der Waals surface area contributed by atoms with Crippen molar-refractivity contribution in [3.05, 3.63) is 23.3 Å². The van der Waals surface area contributed by atoms with Crippen LogP contribution in [0.1, 0.15) is 50.2 Å². The lowest BCUT2D eigenvalue weighted by molar-refractivity contribution is -0.214. The van der Waals surface area contributed by atoms with Gasteiger partial charge in [-0.3, -0.25) is 19.0 Å². The van der Waals surface area contributed by atoms with E-state index in [0.29, 0.717) is 30.7 Å². The molecule has 2 bridgehead atoms. The highest BCUT2D eigenvalue weighted by atomic mass is 32.3. The lowest BCUT2D eigenvalue weighted by Crippen LogP contribution is -2.77. The Morgan fingerprint density at radius 1 is 1.31 bits per heavy atom. The Bertz CT molecular complexity index is 1140. The number of ketones is 1. The van der Waals surface area contributed by atoms with Crippen LogP contribution in [0, 0.1) is 5.92 Å². The van der Waals surface area contributed by atoms with E-state index in [1.165, 1.54) is 25.8 Å². The number of carbonyl (C=O) groups is 2. The largest absolute Gasteiger partial charge is 0.477 e. The quantitative estimate of drug-likeness (QED) is 0.512. The maximum atomic E-state index is 13.1. The van der Waals surface area contributed by atoms with Crippen molar-refractivity contribution < 1.29 is 36.2 Å². The van der Waals surface area contributed by atoms with Gasteiger partial charge in [0.05, 0.1) is 11.5 Å². The maximum absolute atomic E-state index is 13.1. The molecule has 5 aliphatic rings. The molecule has 0 aromatic heterocycles. The fraction of sp³-hybridized carbons (Fsp3) is 0.636. The molecule has 1 aromatic rings. The minimum Gasteiger partial charge on any atom is -0.477 e. The lowest BCUT2D eigenvalue weighted by Gasteiger charge is -2.63. The molecule has 1 N–H and O–H groups in total. The van der Waals surface area contributed by atoms with Crippen LogP contribution in [0.3, 0.4) is 0 Å². The molecule has 172 valence electrons. The molecule has 1 spiro atoms. The molecule has 3 fully saturated rings. The average Bonchev–Trinajstić information content (AvgIpc) is 3.43. The predicted octanol–water partition coefficient (Wildman–Crippen LogP) is 1.57. The summed E-state index contributed by atoms with van der Waals surface area (Å²) in [5.41, 5.74) is -0.215. The number of nitrogens with zero attached hydrogens (tertiary/aromatic N) is 1. The summed E-state index contributed by atoms with van der Waals surface area (Å²) >= 11 is 0. The standard InChI is InChI=1S/C22H25NO8S/c1-12(24)30-22-7-6-15(25)20-21(22)8-9-23(11-13-2-3-13)17(22)10-14-4-5-16(31-32(26,27)28)19(29-20)18(14)21/h4-5,13,17,20H,2-3,6-11H2,1H3,(H,26,27,28)/t17-,20+,21+,22-/m1/s1. The van der Waals surface area contributed by atoms with Crippen molar-refractivity contribution in [2.75, 3.05) is 13.1 Å². The number of piperidine rings is 1. The van der Waals surface area contributed by atoms with E-state index in [-0.39, 0.29) is 29.7 Å². The average molecular weight is 464 g/mol. The van der Waals surface area contributed by atoms with Gasteiger partial charge in [0.1, 0.15) is 5.60 Å². The van der Waals surface area contributed by atoms with Crippen molar-refractivity contribution in [3.8, 4) is 11.5 Å². The molecule has 2 aliphatic heterocycles. The number of carbonyl (C=O) groups excluding carboxylic acids is 2. The summed E-state index contributed by atoms with van der Waals surface area (Å²) in [6.45, 7) is 3.07. The molecule has 2 heterocycles. The van der Waals surface area contributed by atoms with Crippen LogP contribution in [0.2, 0.25) is 0 Å². The van der Waals surface area contributed by atoms with Gasteiger partial charge in [-0.15, -0.1) is 0 Å². The number of hydrogen-bond donors (Lipinski definition) is 1. The number of Topliss-reactive ketones (excluding diaryl/α,β-unsaturated/α-hetero) is 1. The van der Waals surface area contributed by atoms with Crippen molar-refractivity contribution in [2.24, 2.45) is 5.92 Å². The zero-order valence-electron chi connectivity index (χ0n) is 17.7. The van der Waals surface area contributed by atoms with Gasteiger partial charge >= 0.3 is 16.4 Å². The van der Waals surface area contributed by atoms with Crippen LogP contribution in [0.25, 0.3) is 0 Å². The topological polar surface area (TPSA) is 119 Å². The number of hydrogen-bond acceptors (Lipinski definition) is 8. The van der Waals surface area contributed by atoms with Crippen molar-refractivity contribution >= 4 is 22.2 Å². The Morgan fingerprint density at radius 3 is 2.78 bits per heavy atom. The third-order valence-corrected chi connectivity index (χ3v) is 8.41. The highest BCUT2D eigenvalue weighted by Crippen LogP contribution is 2.66. The second-order valence-electron chi connectivity index (χ2n) is 9.76. The summed E-state index contributed by atoms with van der Waals surface area (Å²) < 4.78 is 49.3. The summed E-state index contributed by atoms with van der Waals surface area (Å²) in [6.07, 6.45) is 3.29. The Balaban J connectivity index is 1.58. The molecule has 2 saturated carbocycles. The number of ether oxygens (including phenoxy) is 2. The second kappa shape index (κ2) is 6.45. The fourth-order valence-corrected chi connectivity index (χ4v) is 7.23. The molecule has 1 aromatic carbocycles. The van der Waals surface area contributed by atoms with E-state index in [1.807, 2.05) is 0 Å². The number of benzene rings is 1. The van der Waals surface area contributed by atoms with Crippen LogP contribution in [-0.2, 0) is 36.6 Å². The molecule has 1 saturated heterocycles. The molecule has 32 heavy (non-hydrogen) atoms. The summed E-state index contributed by atoms with van der Waals surface area (Å²) in [7, 11) is -4.78. The monoisotopic (exact) mass is 463 g/mol. The molecule has 0 radical (unpaired) electrons. The van der Waals surface area contributed by atoms with Gasteiger partial charge in [-0.25, -0.2) is 0 Å². The first-order valence-corrected chi connectivity index (χ1v) is 12.5. The van der Waals surface area contributed by atoms with Crippen LogP contribution >= 0.6 is 0 Å². The van der Waals surface area contributed by atoms with E-state index >= 15 is 0 Å². The first kappa shape index (κ1) is 20.4. The number of likely N-dealkylation sites (tertiary alicyclic amines) is 1. The predicted molar refractivity (Wildman–Crippen MR) is 110 cm³/mol. The third kappa shape index (κ3) is 2.66. The van der Waals surface area contributed by atoms with E-state index in [2.05, 4.69) is 4.90 Å². The summed E-state index contributed by atoms with van der Waals surface area (Å²) in [6, 6.07) is 3.14. The summed E-state index contributed by atoms with van der Waals surface area (Å²) in [5.74, 6) is 0.160. The molecule has 0 unspecified atom stereocenters. The smallest absolute Gasteiger partial charge is 0.446 e. The SMILES string of the molecule is CC(=O)O[C@@]12CCC(=O)[C@@H]3Oc4c(OS(=O)(=O)O)ccc5c4[C@@]31CCN(CC1CC1)[C@@H]2C5. The zero-order chi connectivity index (χ0) is 22.5. The van der Waals surface area contributed by atoms with Crippen LogP contribution in [-0.4, -0.2) is 60.5 Å². The van der Waals surface area contributed by atoms with Gasteiger partial charge in [0.2, 0.25) is 0 Å². The van der Waals surface area contributed by atoms with Crippen LogP contribution in [0.4, 0.5) is 0 Å². The first-order valence-electron chi connectivity index (χ1n) is 11.1. The molecule has 0 amide bonds. The minimum atomic E-state index is -4.78.